The summed E-state index contributed by atoms with van der Waals surface area (Å²) in [4.78, 5) is 12.2. The average Bonchev–Trinajstić information content (AvgIpc) is 3.06. The number of benzene rings is 1. The maximum atomic E-state index is 11.6. The summed E-state index contributed by atoms with van der Waals surface area (Å²) in [5, 5.41) is 24.7. The van der Waals surface area contributed by atoms with Crippen molar-refractivity contribution < 1.29 is 9.90 Å². The average molecular weight is 303 g/mol. The number of rotatable bonds is 3. The molecule has 8 heteroatoms. The molecule has 0 bridgehead atoms. The van der Waals surface area contributed by atoms with E-state index in [9.17, 15) is 9.90 Å². The van der Waals surface area contributed by atoms with E-state index in [4.69, 9.17) is 0 Å². The van der Waals surface area contributed by atoms with E-state index >= 15 is 0 Å². The normalized spacial score (nSPS) is 12.5. The molecule has 3 rings (SSSR count). The summed E-state index contributed by atoms with van der Waals surface area (Å²) in [7, 11) is 1.56. The summed E-state index contributed by atoms with van der Waals surface area (Å²) in [6.45, 7) is 1.97. The summed E-state index contributed by atoms with van der Waals surface area (Å²) >= 11 is 1.19. The van der Waals surface area contributed by atoms with Crippen LogP contribution in [0.1, 0.15) is 34.0 Å². The Morgan fingerprint density at radius 3 is 2.71 bits per heavy atom. The van der Waals surface area contributed by atoms with E-state index in [1.165, 1.54) is 11.3 Å². The smallest absolute Gasteiger partial charge is 0.282 e. The van der Waals surface area contributed by atoms with Gasteiger partial charge in [0.1, 0.15) is 5.75 Å². The molecule has 2 N–H and O–H groups in total. The highest BCUT2D eigenvalue weighted by Gasteiger charge is 2.20. The van der Waals surface area contributed by atoms with Gasteiger partial charge in [0.2, 0.25) is 9.97 Å². The Labute approximate surface area is 124 Å². The summed E-state index contributed by atoms with van der Waals surface area (Å²) in [5.41, 5.74) is 0.983. The molecule has 0 saturated carbocycles. The van der Waals surface area contributed by atoms with Crippen molar-refractivity contribution in [3.8, 4) is 5.75 Å². The Morgan fingerprint density at radius 2 is 2.05 bits per heavy atom. The second-order valence-electron chi connectivity index (χ2n) is 4.55. The molecule has 0 aliphatic heterocycles. The van der Waals surface area contributed by atoms with Gasteiger partial charge in [-0.2, -0.15) is 4.52 Å². The van der Waals surface area contributed by atoms with E-state index in [2.05, 4.69) is 20.6 Å². The highest BCUT2D eigenvalue weighted by atomic mass is 32.1. The van der Waals surface area contributed by atoms with Crippen LogP contribution in [0.25, 0.3) is 4.96 Å². The number of hydrogen-bond acceptors (Lipinski definition) is 6. The van der Waals surface area contributed by atoms with Crippen molar-refractivity contribution in [3.05, 3.63) is 40.7 Å². The lowest BCUT2D eigenvalue weighted by Crippen LogP contribution is -2.18. The van der Waals surface area contributed by atoms with E-state index in [1.807, 2.05) is 19.1 Å². The molecule has 1 atom stereocenters. The summed E-state index contributed by atoms with van der Waals surface area (Å²) in [6.07, 6.45) is 0. The molecular weight excluding hydrogens is 290 g/mol. The molecule has 2 aromatic heterocycles. The van der Waals surface area contributed by atoms with Gasteiger partial charge in [-0.3, -0.25) is 4.79 Å². The van der Waals surface area contributed by atoms with Crippen LogP contribution < -0.4 is 5.32 Å². The number of aromatic hydroxyl groups is 1. The standard InChI is InChI=1S/C13H13N5O2S/c1-7(8-3-5-9(19)6-4-8)10-15-16-13-18(10)17-12(21-13)11(20)14-2/h3-7,19H,1-2H3,(H,14,20). The van der Waals surface area contributed by atoms with Gasteiger partial charge in [0.15, 0.2) is 5.82 Å². The molecule has 3 aromatic rings. The van der Waals surface area contributed by atoms with E-state index in [0.29, 0.717) is 15.8 Å². The molecule has 0 saturated heterocycles. The molecule has 0 aliphatic rings. The molecule has 0 radical (unpaired) electrons. The third-order valence-electron chi connectivity index (χ3n) is 3.22. The Balaban J connectivity index is 2.01. The number of carbonyl (C=O) groups excluding carboxylic acids is 1. The number of nitrogens with zero attached hydrogens (tertiary/aromatic N) is 4. The zero-order chi connectivity index (χ0) is 15.0. The molecule has 1 aromatic carbocycles. The maximum absolute atomic E-state index is 11.6. The summed E-state index contributed by atoms with van der Waals surface area (Å²) in [5.74, 6) is 0.573. The second-order valence-corrected chi connectivity index (χ2v) is 5.51. The number of nitrogens with one attached hydrogen (secondary N) is 1. The lowest BCUT2D eigenvalue weighted by molar-refractivity contribution is 0.0961. The minimum Gasteiger partial charge on any atom is -0.508 e. The number of hydrogen-bond donors (Lipinski definition) is 2. The molecule has 0 aliphatic carbocycles. The summed E-state index contributed by atoms with van der Waals surface area (Å²) in [6, 6.07) is 6.91. The molecule has 1 amide bonds. The number of amides is 1. The summed E-state index contributed by atoms with van der Waals surface area (Å²) < 4.78 is 1.59. The highest BCUT2D eigenvalue weighted by Crippen LogP contribution is 2.26. The lowest BCUT2D eigenvalue weighted by atomic mass is 10.0. The van der Waals surface area contributed by atoms with Crippen LogP contribution in [-0.2, 0) is 0 Å². The number of carbonyl (C=O) groups is 1. The number of fused-ring (bicyclic) bond motifs is 1. The molecule has 1 unspecified atom stereocenters. The molecule has 0 spiro atoms. The number of phenols is 1. The van der Waals surface area contributed by atoms with Gasteiger partial charge in [-0.15, -0.1) is 15.3 Å². The van der Waals surface area contributed by atoms with Crippen molar-refractivity contribution in [3.63, 3.8) is 0 Å². The third kappa shape index (κ3) is 2.33. The van der Waals surface area contributed by atoms with Crippen molar-refractivity contribution >= 4 is 22.2 Å². The first kappa shape index (κ1) is 13.5. The topological polar surface area (TPSA) is 92.4 Å². The number of aromatic nitrogens is 4. The van der Waals surface area contributed by atoms with Gasteiger partial charge >= 0.3 is 0 Å². The van der Waals surface area contributed by atoms with E-state index in [0.717, 1.165) is 5.56 Å². The zero-order valence-corrected chi connectivity index (χ0v) is 12.3. The predicted octanol–water partition coefficient (Wildman–Crippen LogP) is 1.40. The molecule has 2 heterocycles. The number of phenolic OH excluding ortho intramolecular Hbond substituents is 1. The minimum atomic E-state index is -0.242. The molecular formula is C13H13N5O2S. The van der Waals surface area contributed by atoms with E-state index in [1.54, 1.807) is 23.7 Å². The van der Waals surface area contributed by atoms with Crippen LogP contribution in [-0.4, -0.2) is 37.9 Å². The third-order valence-corrected chi connectivity index (χ3v) is 4.11. The largest absolute Gasteiger partial charge is 0.508 e. The predicted molar refractivity (Wildman–Crippen MR) is 77.7 cm³/mol. The van der Waals surface area contributed by atoms with Crippen LogP contribution in [0.2, 0.25) is 0 Å². The van der Waals surface area contributed by atoms with Gasteiger partial charge < -0.3 is 10.4 Å². The van der Waals surface area contributed by atoms with Crippen LogP contribution in [0.3, 0.4) is 0 Å². The van der Waals surface area contributed by atoms with Gasteiger partial charge in [-0.05, 0) is 17.7 Å². The Kier molecular flexibility index (Phi) is 3.30. The first-order valence-electron chi connectivity index (χ1n) is 6.33. The van der Waals surface area contributed by atoms with E-state index < -0.39 is 0 Å². The van der Waals surface area contributed by atoms with Gasteiger partial charge in [-0.25, -0.2) is 0 Å². The van der Waals surface area contributed by atoms with Crippen molar-refractivity contribution in [2.75, 3.05) is 7.05 Å². The highest BCUT2D eigenvalue weighted by molar-refractivity contribution is 7.18. The van der Waals surface area contributed by atoms with Crippen LogP contribution in [0.4, 0.5) is 0 Å². The van der Waals surface area contributed by atoms with Crippen LogP contribution >= 0.6 is 11.3 Å². The SMILES string of the molecule is CNC(=O)c1nn2c(C(C)c3ccc(O)cc3)nnc2s1. The van der Waals surface area contributed by atoms with Crippen LogP contribution in [0.5, 0.6) is 5.75 Å². The Bertz CT molecular complexity index is 793. The monoisotopic (exact) mass is 303 g/mol. The van der Waals surface area contributed by atoms with Gasteiger partial charge in [0.05, 0.1) is 0 Å². The fourth-order valence-electron chi connectivity index (χ4n) is 2.01. The lowest BCUT2D eigenvalue weighted by Gasteiger charge is -2.08. The van der Waals surface area contributed by atoms with Crippen molar-refractivity contribution in [1.29, 1.82) is 0 Å². The van der Waals surface area contributed by atoms with Crippen molar-refractivity contribution in [1.82, 2.24) is 25.1 Å². The van der Waals surface area contributed by atoms with Crippen LogP contribution in [0, 0.1) is 0 Å². The zero-order valence-electron chi connectivity index (χ0n) is 11.4. The first-order valence-corrected chi connectivity index (χ1v) is 7.15. The molecule has 7 nitrogen and oxygen atoms in total. The molecule has 0 fully saturated rings. The van der Waals surface area contributed by atoms with Crippen molar-refractivity contribution in [2.45, 2.75) is 12.8 Å². The van der Waals surface area contributed by atoms with Crippen molar-refractivity contribution in [2.24, 2.45) is 0 Å². The maximum Gasteiger partial charge on any atom is 0.282 e. The second kappa shape index (κ2) is 5.13. The Morgan fingerprint density at radius 1 is 1.33 bits per heavy atom. The van der Waals surface area contributed by atoms with Gasteiger partial charge in [-0.1, -0.05) is 30.4 Å². The Hall–Kier alpha value is -2.48. The van der Waals surface area contributed by atoms with E-state index in [-0.39, 0.29) is 17.6 Å². The fraction of sp³-hybridized carbons (Fsp3) is 0.231. The first-order chi connectivity index (χ1) is 10.1. The fourth-order valence-corrected chi connectivity index (χ4v) is 2.81. The van der Waals surface area contributed by atoms with Gasteiger partial charge in [0.25, 0.3) is 5.91 Å². The molecule has 21 heavy (non-hydrogen) atoms. The molecule has 108 valence electrons. The van der Waals surface area contributed by atoms with Crippen LogP contribution in [0.15, 0.2) is 24.3 Å². The quantitative estimate of drug-likeness (QED) is 0.763. The minimum absolute atomic E-state index is 0.0553. The van der Waals surface area contributed by atoms with Gasteiger partial charge in [0, 0.05) is 13.0 Å².